The van der Waals surface area contributed by atoms with Gasteiger partial charge < -0.3 is 15.3 Å². The molecule has 5 rings (SSSR count). The number of aromatic nitrogens is 1. The Hall–Kier alpha value is -2.70. The molecule has 0 radical (unpaired) electrons. The van der Waals surface area contributed by atoms with Gasteiger partial charge in [-0.1, -0.05) is 0 Å². The van der Waals surface area contributed by atoms with Gasteiger partial charge in [0.1, 0.15) is 11.4 Å². The summed E-state index contributed by atoms with van der Waals surface area (Å²) >= 11 is 0. The molecule has 0 aliphatic carbocycles. The average Bonchev–Trinajstić information content (AvgIpc) is 3.86. The summed E-state index contributed by atoms with van der Waals surface area (Å²) in [6.07, 6.45) is 19.0. The van der Waals surface area contributed by atoms with Gasteiger partial charge in [0, 0.05) is 35.0 Å². The first kappa shape index (κ1) is 32.2. The molecule has 0 aromatic carbocycles. The van der Waals surface area contributed by atoms with Crippen LogP contribution in [0.25, 0.3) is 12.2 Å². The van der Waals surface area contributed by atoms with Crippen LogP contribution in [0.15, 0.2) is 93.5 Å². The fraction of sp³-hybridized carbons (Fsp3) is 0.444. The molecule has 229 valence electrons. The summed E-state index contributed by atoms with van der Waals surface area (Å²) in [5, 5.41) is 26.2. The Kier molecular flexibility index (Phi) is 7.21. The summed E-state index contributed by atoms with van der Waals surface area (Å²) in [4.78, 5) is 12.5. The monoisotopic (exact) mass is 609 g/mol. The van der Waals surface area contributed by atoms with Gasteiger partial charge in [-0.25, -0.2) is 9.98 Å². The fourth-order valence-corrected chi connectivity index (χ4v) is 28.9. The minimum absolute atomic E-state index is 0.00121. The van der Waals surface area contributed by atoms with Gasteiger partial charge >= 0.3 is 106 Å². The third kappa shape index (κ3) is 4.12. The molecule has 1 aromatic rings. The predicted octanol–water partition coefficient (Wildman–Crippen LogP) is 8.33. The maximum atomic E-state index is 12.5. The van der Waals surface area contributed by atoms with Crippen LogP contribution in [-0.2, 0) is 9.51 Å². The topological polar surface area (TPSA) is 68.0 Å². The molecule has 2 N–H and O–H groups in total. The SMILES string of the molecule is C[CH2][V]([CH2]C)([CH2]C)([CH2]C)([CH2]C)([CH2]C)([CH2]C)[CH2]C.[O-][NH+]1C2=CC=C1C=C1C=CC(=N1)C=c1ccc([nH]1)=CC1=NC(=C2)C=C1. The number of nitrogens with one attached hydrogen (secondary N) is 2. The van der Waals surface area contributed by atoms with E-state index in [-0.39, 0.29) is 5.06 Å². The Morgan fingerprint density at radius 1 is 0.571 bits per heavy atom. The van der Waals surface area contributed by atoms with E-state index < -0.39 is 9.51 Å². The van der Waals surface area contributed by atoms with Crippen molar-refractivity contribution in [2.45, 2.75) is 96.5 Å². The van der Waals surface area contributed by atoms with Crippen LogP contribution < -0.4 is 15.8 Å². The van der Waals surface area contributed by atoms with Crippen molar-refractivity contribution >= 4 is 23.6 Å². The number of allylic oxidation sites excluding steroid dienone is 8. The zero-order valence-corrected chi connectivity index (χ0v) is 28.7. The number of hydrogen-bond acceptors (Lipinski definition) is 3. The molecule has 0 saturated heterocycles. The number of H-pyrrole nitrogens is 1. The molecule has 0 fully saturated rings. The molecule has 4 aliphatic rings. The molecule has 5 heterocycles. The summed E-state index contributed by atoms with van der Waals surface area (Å²) in [5.74, 6) is 0. The van der Waals surface area contributed by atoms with E-state index in [0.717, 1.165) is 33.5 Å². The van der Waals surface area contributed by atoms with Crippen LogP contribution in [0, 0.1) is 5.21 Å². The van der Waals surface area contributed by atoms with Crippen LogP contribution in [0.4, 0.5) is 0 Å². The number of aliphatic imine (C=N–C) groups is 2. The largest absolute Gasteiger partial charge is 0.623 e. The number of fused-ring (bicyclic) bond motifs is 6. The van der Waals surface area contributed by atoms with Crippen LogP contribution in [-0.4, -0.2) is 16.4 Å². The van der Waals surface area contributed by atoms with Gasteiger partial charge in [0.15, 0.2) is 0 Å². The molecular weight excluding hydrogens is 555 g/mol. The summed E-state index contributed by atoms with van der Waals surface area (Å²) in [6, 6.07) is 4.02. The number of hydroxylamine groups is 2. The number of rotatable bonds is 8. The second-order valence-electron chi connectivity index (χ2n) is 14.9. The molecule has 1 aromatic heterocycles. The van der Waals surface area contributed by atoms with Gasteiger partial charge in [0.2, 0.25) is 0 Å². The summed E-state index contributed by atoms with van der Waals surface area (Å²) in [6.45, 7) is 20.3. The zero-order chi connectivity index (χ0) is 30.8. The van der Waals surface area contributed by atoms with Crippen LogP contribution in [0.2, 0.25) is 41.1 Å². The Morgan fingerprint density at radius 3 is 1.24 bits per heavy atom. The average molecular weight is 610 g/mol. The quantitative estimate of drug-likeness (QED) is 0.286. The Labute approximate surface area is 248 Å². The fourth-order valence-electron chi connectivity index (χ4n) is 9.33. The Morgan fingerprint density at radius 2 is 0.929 bits per heavy atom. The molecule has 0 saturated carbocycles. The van der Waals surface area contributed by atoms with Crippen molar-refractivity contribution in [1.29, 1.82) is 0 Å². The number of hydrogen-bond donors (Lipinski definition) is 2. The molecule has 0 unspecified atom stereocenters. The second-order valence-corrected chi connectivity index (χ2v) is 42.4. The number of nitrogens with zero attached hydrogens (tertiary/aromatic N) is 2. The van der Waals surface area contributed by atoms with Gasteiger partial charge in [0.25, 0.3) is 0 Å². The molecule has 8 bridgehead atoms. The predicted molar refractivity (Wildman–Crippen MR) is 183 cm³/mol. The van der Waals surface area contributed by atoms with Crippen LogP contribution in [0.1, 0.15) is 55.4 Å². The standard InChI is InChI=1S/C20H14N4O.8C2H5.V/c25-24-19-7-8-20(24)12-18-6-4-16(23-18)10-14-2-1-13(21-14)9-15-3-5-17(11-19)22-15;8*1-2;/h1-12,21,24H;8*1H2,2H3;. The molecule has 6 heteroatoms. The van der Waals surface area contributed by atoms with E-state index in [1.54, 1.807) is 0 Å². The minimum atomic E-state index is -3.68. The first-order valence-corrected chi connectivity index (χ1v) is 24.1. The second kappa shape index (κ2) is 9.40. The van der Waals surface area contributed by atoms with E-state index in [0.29, 0.717) is 11.4 Å². The first-order chi connectivity index (χ1) is 19.9. The van der Waals surface area contributed by atoms with E-state index in [9.17, 15) is 5.21 Å². The van der Waals surface area contributed by atoms with Crippen molar-refractivity contribution in [3.63, 3.8) is 0 Å². The first-order valence-electron chi connectivity index (χ1n) is 16.2. The molecule has 0 atom stereocenters. The van der Waals surface area contributed by atoms with Crippen molar-refractivity contribution in [3.05, 3.63) is 99.4 Å². The maximum Gasteiger partial charge on any atom is 0.138 e. The molecular formula is C36H54N4OV. The van der Waals surface area contributed by atoms with E-state index in [2.05, 4.69) is 70.4 Å². The van der Waals surface area contributed by atoms with E-state index in [1.165, 1.54) is 41.1 Å². The Balaban J connectivity index is 0.000000211. The zero-order valence-electron chi connectivity index (χ0n) is 27.3. The van der Waals surface area contributed by atoms with Gasteiger partial charge in [-0.05, 0) is 48.6 Å². The number of quaternary nitrogens is 1. The van der Waals surface area contributed by atoms with Gasteiger partial charge in [0.05, 0.1) is 22.8 Å². The molecule has 0 spiro atoms. The molecule has 42 heavy (non-hydrogen) atoms. The van der Waals surface area contributed by atoms with Crippen molar-refractivity contribution in [1.82, 2.24) is 4.98 Å². The summed E-state index contributed by atoms with van der Waals surface area (Å²) < 4.78 is 0. The maximum absolute atomic E-state index is 12.5. The van der Waals surface area contributed by atoms with Gasteiger partial charge in [-0.3, -0.25) is 0 Å². The summed E-state index contributed by atoms with van der Waals surface area (Å²) in [7, 11) is -3.68. The minimum Gasteiger partial charge on any atom is -0.623 e. The van der Waals surface area contributed by atoms with Gasteiger partial charge in [-0.2, -0.15) is 0 Å². The van der Waals surface area contributed by atoms with Crippen molar-refractivity contribution in [2.75, 3.05) is 0 Å². The smallest absolute Gasteiger partial charge is 0.138 e. The molecule has 5 nitrogen and oxygen atoms in total. The van der Waals surface area contributed by atoms with Crippen molar-refractivity contribution < 1.29 is 14.6 Å². The third-order valence-electron chi connectivity index (χ3n) is 16.8. The summed E-state index contributed by atoms with van der Waals surface area (Å²) in [5.41, 5.74) is 4.55. The third-order valence-corrected chi connectivity index (χ3v) is 55.9. The molecule has 4 aliphatic heterocycles. The van der Waals surface area contributed by atoms with Crippen LogP contribution in [0.3, 0.4) is 0 Å². The van der Waals surface area contributed by atoms with E-state index in [4.69, 9.17) is 0 Å². The number of aromatic amines is 1. The Bertz CT molecular complexity index is 1500. The van der Waals surface area contributed by atoms with Crippen LogP contribution >= 0.6 is 0 Å². The molecule has 0 amide bonds. The van der Waals surface area contributed by atoms with Crippen LogP contribution in [0.5, 0.6) is 0 Å². The van der Waals surface area contributed by atoms with E-state index >= 15 is 0 Å². The normalized spacial score (nSPS) is 22.7. The van der Waals surface area contributed by atoms with Crippen molar-refractivity contribution in [3.8, 4) is 0 Å². The van der Waals surface area contributed by atoms with Gasteiger partial charge in [-0.15, -0.1) is 0 Å². The van der Waals surface area contributed by atoms with E-state index in [1.807, 2.05) is 72.9 Å². The van der Waals surface area contributed by atoms with Crippen molar-refractivity contribution in [2.24, 2.45) is 9.98 Å².